The number of ether oxygens (including phenoxy) is 1. The van der Waals surface area contributed by atoms with Gasteiger partial charge < -0.3 is 4.74 Å². The Balaban J connectivity index is 1.69. The highest BCUT2D eigenvalue weighted by Crippen LogP contribution is 2.09. The highest BCUT2D eigenvalue weighted by atomic mass is 16.5. The molecular formula is C16H11N3O3. The van der Waals surface area contributed by atoms with Gasteiger partial charge in [-0.15, -0.1) is 0 Å². The van der Waals surface area contributed by atoms with E-state index < -0.39 is 5.97 Å². The van der Waals surface area contributed by atoms with Gasteiger partial charge in [0.2, 0.25) is 5.78 Å². The SMILES string of the molecule is O=C(COC(=O)c1cnc2ccccc2n1)c1ccccn1. The highest BCUT2D eigenvalue weighted by molar-refractivity contribution is 5.97. The topological polar surface area (TPSA) is 82.0 Å². The number of carbonyl (C=O) groups excluding carboxylic acids is 2. The summed E-state index contributed by atoms with van der Waals surface area (Å²) in [6.07, 6.45) is 2.83. The second kappa shape index (κ2) is 6.09. The standard InChI is InChI=1S/C16H11N3O3/c20-15(13-7-3-4-8-17-13)10-22-16(21)14-9-18-11-5-1-2-6-12(11)19-14/h1-9H,10H2. The lowest BCUT2D eigenvalue weighted by atomic mass is 10.2. The van der Waals surface area contributed by atoms with Crippen LogP contribution in [0, 0.1) is 0 Å². The molecule has 0 aliphatic rings. The van der Waals surface area contributed by atoms with E-state index in [0.717, 1.165) is 0 Å². The summed E-state index contributed by atoms with van der Waals surface area (Å²) in [5.74, 6) is -1.06. The molecule has 6 nitrogen and oxygen atoms in total. The zero-order valence-electron chi connectivity index (χ0n) is 11.5. The molecular weight excluding hydrogens is 282 g/mol. The summed E-state index contributed by atoms with van der Waals surface area (Å²) in [6, 6.07) is 12.1. The molecule has 3 rings (SSSR count). The lowest BCUT2D eigenvalue weighted by Gasteiger charge is -2.04. The van der Waals surface area contributed by atoms with Crippen LogP contribution in [0.15, 0.2) is 54.9 Å². The Kier molecular flexibility index (Phi) is 3.82. The molecule has 2 heterocycles. The molecule has 2 aromatic heterocycles. The third kappa shape index (κ3) is 2.95. The zero-order valence-corrected chi connectivity index (χ0v) is 11.5. The van der Waals surface area contributed by atoms with Gasteiger partial charge in [0.15, 0.2) is 12.3 Å². The van der Waals surface area contributed by atoms with Crippen molar-refractivity contribution in [2.24, 2.45) is 0 Å². The van der Waals surface area contributed by atoms with Crippen molar-refractivity contribution < 1.29 is 14.3 Å². The van der Waals surface area contributed by atoms with Crippen LogP contribution >= 0.6 is 0 Å². The second-order valence-corrected chi connectivity index (χ2v) is 4.46. The number of esters is 1. The third-order valence-electron chi connectivity index (χ3n) is 2.94. The summed E-state index contributed by atoms with van der Waals surface area (Å²) in [4.78, 5) is 35.9. The molecule has 1 aromatic carbocycles. The Bertz CT molecular complexity index is 834. The average Bonchev–Trinajstić information content (AvgIpc) is 2.59. The number of nitrogens with zero attached hydrogens (tertiary/aromatic N) is 3. The van der Waals surface area contributed by atoms with E-state index >= 15 is 0 Å². The minimum atomic E-state index is -0.692. The molecule has 0 aliphatic heterocycles. The first-order valence-electron chi connectivity index (χ1n) is 6.57. The molecule has 108 valence electrons. The molecule has 0 saturated heterocycles. The van der Waals surface area contributed by atoms with Crippen molar-refractivity contribution in [3.63, 3.8) is 0 Å². The van der Waals surface area contributed by atoms with Crippen molar-refractivity contribution in [3.05, 3.63) is 66.2 Å². The molecule has 0 spiro atoms. The van der Waals surface area contributed by atoms with Gasteiger partial charge in [-0.2, -0.15) is 0 Å². The number of rotatable bonds is 4. The van der Waals surface area contributed by atoms with Gasteiger partial charge in [0.25, 0.3) is 0 Å². The maximum Gasteiger partial charge on any atom is 0.359 e. The first-order chi connectivity index (χ1) is 10.7. The van der Waals surface area contributed by atoms with Gasteiger partial charge in [0.1, 0.15) is 5.69 Å². The predicted molar refractivity (Wildman–Crippen MR) is 78.4 cm³/mol. The zero-order chi connectivity index (χ0) is 15.4. The van der Waals surface area contributed by atoms with Crippen LogP contribution in [-0.2, 0) is 4.74 Å². The fourth-order valence-corrected chi connectivity index (χ4v) is 1.86. The van der Waals surface area contributed by atoms with Crippen molar-refractivity contribution in [2.45, 2.75) is 0 Å². The highest BCUT2D eigenvalue weighted by Gasteiger charge is 2.14. The predicted octanol–water partition coefficient (Wildman–Crippen LogP) is 2.06. The van der Waals surface area contributed by atoms with Gasteiger partial charge in [-0.3, -0.25) is 14.8 Å². The molecule has 0 bridgehead atoms. The number of hydrogen-bond acceptors (Lipinski definition) is 6. The van der Waals surface area contributed by atoms with Crippen LogP contribution in [0.25, 0.3) is 11.0 Å². The van der Waals surface area contributed by atoms with Crippen LogP contribution in [0.2, 0.25) is 0 Å². The van der Waals surface area contributed by atoms with Crippen LogP contribution in [0.5, 0.6) is 0 Å². The quantitative estimate of drug-likeness (QED) is 0.541. The van der Waals surface area contributed by atoms with Crippen LogP contribution < -0.4 is 0 Å². The first-order valence-corrected chi connectivity index (χ1v) is 6.57. The van der Waals surface area contributed by atoms with Gasteiger partial charge in [-0.25, -0.2) is 9.78 Å². The molecule has 0 radical (unpaired) electrons. The molecule has 0 unspecified atom stereocenters. The Morgan fingerprint density at radius 2 is 1.68 bits per heavy atom. The molecule has 6 heteroatoms. The van der Waals surface area contributed by atoms with E-state index in [4.69, 9.17) is 4.74 Å². The normalized spacial score (nSPS) is 10.4. The van der Waals surface area contributed by atoms with Gasteiger partial charge in [0, 0.05) is 6.20 Å². The Morgan fingerprint density at radius 3 is 2.45 bits per heavy atom. The number of benzene rings is 1. The number of aromatic nitrogens is 3. The van der Waals surface area contributed by atoms with Gasteiger partial charge >= 0.3 is 5.97 Å². The summed E-state index contributed by atoms with van der Waals surface area (Å²) in [7, 11) is 0. The number of pyridine rings is 1. The number of ketones is 1. The van der Waals surface area contributed by atoms with E-state index in [1.807, 2.05) is 6.07 Å². The largest absolute Gasteiger partial charge is 0.452 e. The second-order valence-electron chi connectivity index (χ2n) is 4.46. The maximum absolute atomic E-state index is 11.9. The smallest absolute Gasteiger partial charge is 0.359 e. The third-order valence-corrected chi connectivity index (χ3v) is 2.94. The fraction of sp³-hybridized carbons (Fsp3) is 0.0625. The Morgan fingerprint density at radius 1 is 0.909 bits per heavy atom. The minimum Gasteiger partial charge on any atom is -0.452 e. The molecule has 0 saturated carbocycles. The van der Waals surface area contributed by atoms with E-state index in [9.17, 15) is 9.59 Å². The van der Waals surface area contributed by atoms with E-state index in [1.54, 1.807) is 36.4 Å². The van der Waals surface area contributed by atoms with Crippen LogP contribution in [0.4, 0.5) is 0 Å². The summed E-state index contributed by atoms with van der Waals surface area (Å²) < 4.78 is 4.96. The molecule has 0 amide bonds. The average molecular weight is 293 g/mol. The molecule has 0 atom stereocenters. The summed E-state index contributed by atoms with van der Waals surface area (Å²) in [6.45, 7) is -0.385. The van der Waals surface area contributed by atoms with E-state index in [2.05, 4.69) is 15.0 Å². The lowest BCUT2D eigenvalue weighted by Crippen LogP contribution is -2.16. The van der Waals surface area contributed by atoms with Gasteiger partial charge in [-0.1, -0.05) is 18.2 Å². The minimum absolute atomic E-state index is 0.0625. The van der Waals surface area contributed by atoms with Crippen LogP contribution in [0.3, 0.4) is 0 Å². The number of fused-ring (bicyclic) bond motifs is 1. The molecule has 22 heavy (non-hydrogen) atoms. The Hall–Kier alpha value is -3.15. The molecule has 0 aliphatic carbocycles. The van der Waals surface area contributed by atoms with Crippen LogP contribution in [-0.4, -0.2) is 33.3 Å². The van der Waals surface area contributed by atoms with Crippen molar-refractivity contribution in [3.8, 4) is 0 Å². The maximum atomic E-state index is 11.9. The first kappa shape index (κ1) is 13.8. The number of carbonyl (C=O) groups is 2. The summed E-state index contributed by atoms with van der Waals surface area (Å²) >= 11 is 0. The summed E-state index contributed by atoms with van der Waals surface area (Å²) in [5, 5.41) is 0. The molecule has 3 aromatic rings. The van der Waals surface area contributed by atoms with Crippen molar-refractivity contribution in [1.82, 2.24) is 15.0 Å². The van der Waals surface area contributed by atoms with Gasteiger partial charge in [0.05, 0.1) is 17.2 Å². The monoisotopic (exact) mass is 293 g/mol. The van der Waals surface area contributed by atoms with Crippen molar-refractivity contribution >= 4 is 22.8 Å². The molecule has 0 fully saturated rings. The summed E-state index contributed by atoms with van der Waals surface area (Å²) in [5.41, 5.74) is 1.59. The van der Waals surface area contributed by atoms with Crippen molar-refractivity contribution in [1.29, 1.82) is 0 Å². The number of hydrogen-bond donors (Lipinski definition) is 0. The lowest BCUT2D eigenvalue weighted by molar-refractivity contribution is 0.0467. The fourth-order valence-electron chi connectivity index (χ4n) is 1.86. The van der Waals surface area contributed by atoms with Crippen LogP contribution in [0.1, 0.15) is 21.0 Å². The number of para-hydroxylation sites is 2. The Labute approximate surface area is 125 Å². The molecule has 0 N–H and O–H groups in total. The number of Topliss-reactive ketones (excluding diaryl/α,β-unsaturated/α-hetero) is 1. The van der Waals surface area contributed by atoms with Crippen molar-refractivity contribution in [2.75, 3.05) is 6.61 Å². The van der Waals surface area contributed by atoms with E-state index in [1.165, 1.54) is 12.4 Å². The van der Waals surface area contributed by atoms with E-state index in [0.29, 0.717) is 11.0 Å². The van der Waals surface area contributed by atoms with Gasteiger partial charge in [-0.05, 0) is 24.3 Å². The van der Waals surface area contributed by atoms with E-state index in [-0.39, 0.29) is 23.8 Å².